The monoisotopic (exact) mass is 316 g/mol. The highest BCUT2D eigenvalue weighted by Gasteiger charge is 2.43. The van der Waals surface area contributed by atoms with Crippen LogP contribution < -0.4 is 0 Å². The van der Waals surface area contributed by atoms with E-state index in [-0.39, 0.29) is 4.08 Å². The second kappa shape index (κ2) is 6.47. The maximum atomic E-state index is 11.1. The summed E-state index contributed by atoms with van der Waals surface area (Å²) in [6.07, 6.45) is 0.722. The summed E-state index contributed by atoms with van der Waals surface area (Å²) in [7, 11) is 0. The molecule has 110 valence electrons. The Balaban J connectivity index is 2.03. The lowest BCUT2D eigenvalue weighted by molar-refractivity contribution is 0.163. The molecule has 3 heteroatoms. The summed E-state index contributed by atoms with van der Waals surface area (Å²) in [4.78, 5) is 0. The van der Waals surface area contributed by atoms with E-state index >= 15 is 0 Å². The van der Waals surface area contributed by atoms with Crippen LogP contribution in [0, 0.1) is 6.92 Å². The summed E-state index contributed by atoms with van der Waals surface area (Å²) in [6, 6.07) is 18.7. The van der Waals surface area contributed by atoms with Crippen LogP contribution in [0.2, 0.25) is 0 Å². The second-order valence-corrected chi connectivity index (χ2v) is 8.34. The lowest BCUT2D eigenvalue weighted by Gasteiger charge is -2.40. The maximum Gasteiger partial charge on any atom is 0.116 e. The van der Waals surface area contributed by atoms with Crippen molar-refractivity contribution >= 4 is 23.5 Å². The number of hydrogen-bond acceptors (Lipinski definition) is 3. The predicted molar refractivity (Wildman–Crippen MR) is 93.8 cm³/mol. The molecule has 2 aromatic rings. The first-order valence-corrected chi connectivity index (χ1v) is 9.27. The average Bonchev–Trinajstić information content (AvgIpc) is 2.55. The van der Waals surface area contributed by atoms with E-state index in [0.29, 0.717) is 0 Å². The first-order valence-electron chi connectivity index (χ1n) is 7.30. The van der Waals surface area contributed by atoms with E-state index < -0.39 is 6.10 Å². The van der Waals surface area contributed by atoms with E-state index in [1.54, 1.807) is 0 Å². The molecule has 1 aliphatic heterocycles. The smallest absolute Gasteiger partial charge is 0.116 e. The summed E-state index contributed by atoms with van der Waals surface area (Å²) in [6.45, 7) is 2.08. The van der Waals surface area contributed by atoms with Crippen LogP contribution in [0.5, 0.6) is 0 Å². The minimum atomic E-state index is -0.491. The maximum absolute atomic E-state index is 11.1. The second-order valence-electron chi connectivity index (χ2n) is 5.40. The van der Waals surface area contributed by atoms with Gasteiger partial charge in [0.1, 0.15) is 10.2 Å². The van der Waals surface area contributed by atoms with Crippen LogP contribution in [-0.4, -0.2) is 16.6 Å². The van der Waals surface area contributed by atoms with Gasteiger partial charge in [-0.1, -0.05) is 60.2 Å². The number of rotatable bonds is 3. The van der Waals surface area contributed by atoms with Crippen molar-refractivity contribution in [2.75, 3.05) is 11.5 Å². The van der Waals surface area contributed by atoms with Crippen LogP contribution in [0.25, 0.3) is 0 Å². The Kier molecular flexibility index (Phi) is 4.63. The Bertz CT molecular complexity index is 591. The Morgan fingerprint density at radius 2 is 1.71 bits per heavy atom. The number of aliphatic hydroxyl groups excluding tert-OH is 1. The standard InChI is InChI=1S/C18H20OS2/c1-14-7-5-8-15(13-14)17(19)18(20-11-6-12-21-18)16-9-3-2-4-10-16/h2-5,7-10,13,17,19H,6,11-12H2,1H3/t17-/m1/s1. The molecule has 1 heterocycles. The molecule has 0 amide bonds. The molecule has 0 aromatic heterocycles. The van der Waals surface area contributed by atoms with E-state index in [2.05, 4.69) is 43.3 Å². The van der Waals surface area contributed by atoms with Crippen molar-refractivity contribution in [3.05, 3.63) is 71.3 Å². The molecular formula is C18H20OS2. The molecule has 0 bridgehead atoms. The predicted octanol–water partition coefficient (Wildman–Crippen LogP) is 4.75. The third-order valence-electron chi connectivity index (χ3n) is 3.82. The van der Waals surface area contributed by atoms with Crippen molar-refractivity contribution in [2.24, 2.45) is 0 Å². The fourth-order valence-electron chi connectivity index (χ4n) is 2.76. The van der Waals surface area contributed by atoms with Gasteiger partial charge >= 0.3 is 0 Å². The molecule has 0 unspecified atom stereocenters. The van der Waals surface area contributed by atoms with Gasteiger partial charge in [-0.05, 0) is 36.0 Å². The van der Waals surface area contributed by atoms with Crippen molar-refractivity contribution in [2.45, 2.75) is 23.5 Å². The van der Waals surface area contributed by atoms with E-state index in [4.69, 9.17) is 0 Å². The summed E-state index contributed by atoms with van der Waals surface area (Å²) in [5.74, 6) is 2.20. The molecule has 0 saturated carbocycles. The van der Waals surface area contributed by atoms with Crippen molar-refractivity contribution in [3.8, 4) is 0 Å². The van der Waals surface area contributed by atoms with Crippen LogP contribution in [0.15, 0.2) is 54.6 Å². The summed E-state index contributed by atoms with van der Waals surface area (Å²) in [5.41, 5.74) is 3.43. The summed E-state index contributed by atoms with van der Waals surface area (Å²) < 4.78 is -0.284. The molecule has 3 rings (SSSR count). The van der Waals surface area contributed by atoms with Gasteiger partial charge in [0.05, 0.1) is 0 Å². The number of hydrogen-bond donors (Lipinski definition) is 1. The molecule has 2 aromatic carbocycles. The number of thioether (sulfide) groups is 2. The Hall–Kier alpha value is -0.900. The lowest BCUT2D eigenvalue weighted by atomic mass is 9.99. The number of benzene rings is 2. The Labute approximate surface area is 135 Å². The Morgan fingerprint density at radius 1 is 1.00 bits per heavy atom. The number of aryl methyl sites for hydroxylation is 1. The van der Waals surface area contributed by atoms with E-state index in [1.165, 1.54) is 17.5 Å². The molecular weight excluding hydrogens is 296 g/mol. The minimum Gasteiger partial charge on any atom is -0.386 e. The molecule has 0 radical (unpaired) electrons. The first-order chi connectivity index (χ1) is 10.2. The van der Waals surface area contributed by atoms with Crippen LogP contribution in [0.3, 0.4) is 0 Å². The molecule has 1 saturated heterocycles. The zero-order chi connectivity index (χ0) is 14.7. The SMILES string of the molecule is Cc1cccc([C@@H](O)C2(c3ccccc3)SCCCS2)c1. The topological polar surface area (TPSA) is 20.2 Å². The fraction of sp³-hybridized carbons (Fsp3) is 0.333. The average molecular weight is 316 g/mol. The van der Waals surface area contributed by atoms with E-state index in [1.807, 2.05) is 41.7 Å². The van der Waals surface area contributed by atoms with Gasteiger partial charge < -0.3 is 5.11 Å². The quantitative estimate of drug-likeness (QED) is 0.882. The van der Waals surface area contributed by atoms with Crippen molar-refractivity contribution in [1.82, 2.24) is 0 Å². The van der Waals surface area contributed by atoms with Gasteiger partial charge in [-0.15, -0.1) is 23.5 Å². The van der Waals surface area contributed by atoms with Crippen LogP contribution >= 0.6 is 23.5 Å². The third-order valence-corrected chi connectivity index (χ3v) is 7.28. The molecule has 1 atom stereocenters. The van der Waals surface area contributed by atoms with Crippen LogP contribution in [-0.2, 0) is 4.08 Å². The molecule has 1 N–H and O–H groups in total. The van der Waals surface area contributed by atoms with Crippen molar-refractivity contribution in [1.29, 1.82) is 0 Å². The van der Waals surface area contributed by atoms with Gasteiger partial charge in [-0.25, -0.2) is 0 Å². The zero-order valence-corrected chi connectivity index (χ0v) is 13.8. The van der Waals surface area contributed by atoms with Gasteiger partial charge in [0.25, 0.3) is 0 Å². The zero-order valence-electron chi connectivity index (χ0n) is 12.2. The van der Waals surface area contributed by atoms with Gasteiger partial charge in [0.2, 0.25) is 0 Å². The van der Waals surface area contributed by atoms with E-state index in [9.17, 15) is 5.11 Å². The normalized spacial score (nSPS) is 19.1. The third kappa shape index (κ3) is 3.01. The highest BCUT2D eigenvalue weighted by atomic mass is 32.2. The van der Waals surface area contributed by atoms with Gasteiger partial charge in [0, 0.05) is 0 Å². The van der Waals surface area contributed by atoms with Gasteiger partial charge in [-0.2, -0.15) is 0 Å². The Morgan fingerprint density at radius 3 is 2.38 bits per heavy atom. The van der Waals surface area contributed by atoms with Crippen molar-refractivity contribution < 1.29 is 5.11 Å². The van der Waals surface area contributed by atoms with Gasteiger partial charge in [-0.3, -0.25) is 0 Å². The molecule has 0 spiro atoms. The summed E-state index contributed by atoms with van der Waals surface area (Å²) in [5, 5.41) is 11.1. The highest BCUT2D eigenvalue weighted by molar-refractivity contribution is 8.18. The number of aliphatic hydroxyl groups is 1. The molecule has 1 aliphatic rings. The molecule has 21 heavy (non-hydrogen) atoms. The molecule has 1 nitrogen and oxygen atoms in total. The lowest BCUT2D eigenvalue weighted by Crippen LogP contribution is -2.30. The first kappa shape index (κ1) is 15.0. The van der Waals surface area contributed by atoms with E-state index in [0.717, 1.165) is 17.1 Å². The van der Waals surface area contributed by atoms with Crippen LogP contribution in [0.1, 0.15) is 29.2 Å². The minimum absolute atomic E-state index is 0.284. The molecule has 1 fully saturated rings. The largest absolute Gasteiger partial charge is 0.386 e. The van der Waals surface area contributed by atoms with Crippen LogP contribution in [0.4, 0.5) is 0 Å². The molecule has 0 aliphatic carbocycles. The van der Waals surface area contributed by atoms with Gasteiger partial charge in [0.15, 0.2) is 0 Å². The van der Waals surface area contributed by atoms with Crippen molar-refractivity contribution in [3.63, 3.8) is 0 Å². The fourth-order valence-corrected chi connectivity index (χ4v) is 6.15. The summed E-state index contributed by atoms with van der Waals surface area (Å²) >= 11 is 3.77. The highest BCUT2D eigenvalue weighted by Crippen LogP contribution is 2.57.